The minimum absolute atomic E-state index is 0.719. The van der Waals surface area contributed by atoms with Crippen molar-refractivity contribution >= 4 is 16.5 Å². The average molecular weight is 295 g/mol. The Bertz CT molecular complexity index is 484. The van der Waals surface area contributed by atoms with Gasteiger partial charge in [0.15, 0.2) is 5.13 Å². The molecule has 0 aliphatic carbocycles. The first-order valence-electron chi connectivity index (χ1n) is 6.75. The molecule has 0 aliphatic rings. The van der Waals surface area contributed by atoms with Gasteiger partial charge >= 0.3 is 0 Å². The molecule has 0 saturated heterocycles. The molecule has 0 radical (unpaired) electrons. The molecule has 2 heterocycles. The lowest BCUT2D eigenvalue weighted by Gasteiger charge is -2.18. The van der Waals surface area contributed by atoms with Crippen LogP contribution in [0, 0.1) is 0 Å². The first kappa shape index (κ1) is 15.0. The molecule has 0 bridgehead atoms. The lowest BCUT2D eigenvalue weighted by Crippen LogP contribution is -2.22. The van der Waals surface area contributed by atoms with E-state index in [0.29, 0.717) is 0 Å². The maximum atomic E-state index is 5.39. The van der Waals surface area contributed by atoms with Gasteiger partial charge in [-0.3, -0.25) is 0 Å². The van der Waals surface area contributed by atoms with Gasteiger partial charge < -0.3 is 19.4 Å². The summed E-state index contributed by atoms with van der Waals surface area (Å²) in [6, 6.07) is 3.90. The van der Waals surface area contributed by atoms with Gasteiger partial charge in [0.2, 0.25) is 0 Å². The van der Waals surface area contributed by atoms with Gasteiger partial charge in [-0.05, 0) is 19.1 Å². The number of nitrogens with zero attached hydrogens (tertiary/aromatic N) is 2. The molecule has 0 saturated carbocycles. The highest BCUT2D eigenvalue weighted by Crippen LogP contribution is 2.22. The Balaban J connectivity index is 1.88. The highest BCUT2D eigenvalue weighted by molar-refractivity contribution is 7.13. The van der Waals surface area contributed by atoms with E-state index in [1.807, 2.05) is 12.1 Å². The maximum Gasteiger partial charge on any atom is 0.185 e. The smallest absolute Gasteiger partial charge is 0.185 e. The Hall–Kier alpha value is -1.37. The Morgan fingerprint density at radius 3 is 3.10 bits per heavy atom. The molecule has 6 heteroatoms. The highest BCUT2D eigenvalue weighted by atomic mass is 32.1. The molecule has 0 amide bonds. The van der Waals surface area contributed by atoms with Gasteiger partial charge in [-0.2, -0.15) is 0 Å². The molecule has 2 aromatic rings. The minimum atomic E-state index is 0.719. The number of hydrogen-bond acceptors (Lipinski definition) is 6. The average Bonchev–Trinajstić information content (AvgIpc) is 3.12. The van der Waals surface area contributed by atoms with Gasteiger partial charge in [0.1, 0.15) is 5.76 Å². The second-order valence-electron chi connectivity index (χ2n) is 4.38. The van der Waals surface area contributed by atoms with Crippen LogP contribution in [0.15, 0.2) is 28.2 Å². The summed E-state index contributed by atoms with van der Waals surface area (Å²) in [7, 11) is 1.70. The summed E-state index contributed by atoms with van der Waals surface area (Å²) in [6.45, 7) is 6.13. The highest BCUT2D eigenvalue weighted by Gasteiger charge is 2.11. The molecule has 0 unspecified atom stereocenters. The number of aromatic nitrogens is 1. The number of anilines is 1. The van der Waals surface area contributed by atoms with Crippen molar-refractivity contribution in [3.05, 3.63) is 35.2 Å². The normalized spacial score (nSPS) is 10.9. The first-order chi connectivity index (χ1) is 9.83. The monoisotopic (exact) mass is 295 g/mol. The molecule has 0 atom stereocenters. The predicted molar refractivity (Wildman–Crippen MR) is 81.1 cm³/mol. The maximum absolute atomic E-state index is 5.39. The fourth-order valence-corrected chi connectivity index (χ4v) is 2.71. The van der Waals surface area contributed by atoms with E-state index in [-0.39, 0.29) is 0 Å². The van der Waals surface area contributed by atoms with E-state index in [1.54, 1.807) is 24.7 Å². The van der Waals surface area contributed by atoms with Gasteiger partial charge in [0, 0.05) is 32.1 Å². The van der Waals surface area contributed by atoms with E-state index in [2.05, 4.69) is 27.5 Å². The zero-order valence-electron chi connectivity index (χ0n) is 12.0. The number of furan rings is 1. The largest absolute Gasteiger partial charge is 0.467 e. The van der Waals surface area contributed by atoms with Crippen LogP contribution in [-0.4, -0.2) is 31.8 Å². The van der Waals surface area contributed by atoms with E-state index < -0.39 is 0 Å². The molecule has 0 aromatic carbocycles. The van der Waals surface area contributed by atoms with Crippen LogP contribution in [0.4, 0.5) is 5.13 Å². The molecule has 0 aliphatic heterocycles. The molecule has 2 aromatic heterocycles. The molecule has 110 valence electrons. The van der Waals surface area contributed by atoms with Gasteiger partial charge in [0.25, 0.3) is 0 Å². The number of rotatable bonds is 9. The fourth-order valence-electron chi connectivity index (χ4n) is 1.82. The number of ether oxygens (including phenoxy) is 1. The lowest BCUT2D eigenvalue weighted by atomic mass is 10.4. The SMILES string of the molecule is CCN(Cc1ccco1)c1nc(CNCCOC)cs1. The van der Waals surface area contributed by atoms with Crippen LogP contribution in [0.1, 0.15) is 18.4 Å². The molecule has 0 spiro atoms. The zero-order valence-corrected chi connectivity index (χ0v) is 12.8. The van der Waals surface area contributed by atoms with E-state index >= 15 is 0 Å². The third kappa shape index (κ3) is 4.33. The second kappa shape index (κ2) is 8.04. The van der Waals surface area contributed by atoms with Crippen LogP contribution in [0.5, 0.6) is 0 Å². The van der Waals surface area contributed by atoms with Crippen LogP contribution in [0.3, 0.4) is 0 Å². The van der Waals surface area contributed by atoms with Gasteiger partial charge in [0.05, 0.1) is 25.1 Å². The summed E-state index contributed by atoms with van der Waals surface area (Å²) < 4.78 is 10.4. The summed E-state index contributed by atoms with van der Waals surface area (Å²) >= 11 is 1.67. The predicted octanol–water partition coefficient (Wildman–Crippen LogP) is 2.50. The van der Waals surface area contributed by atoms with Crippen molar-refractivity contribution in [2.24, 2.45) is 0 Å². The number of thiazole rings is 1. The third-order valence-corrected chi connectivity index (χ3v) is 3.86. The summed E-state index contributed by atoms with van der Waals surface area (Å²) in [4.78, 5) is 6.87. The summed E-state index contributed by atoms with van der Waals surface area (Å²) in [5.41, 5.74) is 1.07. The molecular weight excluding hydrogens is 274 g/mol. The summed E-state index contributed by atoms with van der Waals surface area (Å²) in [6.07, 6.45) is 1.70. The van der Waals surface area contributed by atoms with Crippen molar-refractivity contribution in [3.8, 4) is 0 Å². The first-order valence-corrected chi connectivity index (χ1v) is 7.62. The Morgan fingerprint density at radius 1 is 1.50 bits per heavy atom. The van der Waals surface area contributed by atoms with Gasteiger partial charge in [-0.25, -0.2) is 4.98 Å². The summed E-state index contributed by atoms with van der Waals surface area (Å²) in [5, 5.41) is 6.43. The van der Waals surface area contributed by atoms with Crippen molar-refractivity contribution in [2.75, 3.05) is 31.7 Å². The fraction of sp³-hybridized carbons (Fsp3) is 0.500. The van der Waals surface area contributed by atoms with Crippen molar-refractivity contribution in [1.82, 2.24) is 10.3 Å². The van der Waals surface area contributed by atoms with Crippen molar-refractivity contribution < 1.29 is 9.15 Å². The molecule has 2 rings (SSSR count). The van der Waals surface area contributed by atoms with E-state index in [9.17, 15) is 0 Å². The Morgan fingerprint density at radius 2 is 2.40 bits per heavy atom. The summed E-state index contributed by atoms with van der Waals surface area (Å²) in [5.74, 6) is 0.960. The Labute approximate surface area is 123 Å². The van der Waals surface area contributed by atoms with E-state index in [4.69, 9.17) is 9.15 Å². The van der Waals surface area contributed by atoms with E-state index in [1.165, 1.54) is 0 Å². The molecule has 0 fully saturated rings. The molecule has 1 N–H and O–H groups in total. The topological polar surface area (TPSA) is 50.5 Å². The number of nitrogens with one attached hydrogen (secondary N) is 1. The molecule has 20 heavy (non-hydrogen) atoms. The van der Waals surface area contributed by atoms with Crippen LogP contribution in [0.25, 0.3) is 0 Å². The van der Waals surface area contributed by atoms with Crippen LogP contribution >= 0.6 is 11.3 Å². The zero-order chi connectivity index (χ0) is 14.2. The van der Waals surface area contributed by atoms with Crippen LogP contribution in [-0.2, 0) is 17.8 Å². The van der Waals surface area contributed by atoms with Crippen LogP contribution < -0.4 is 10.2 Å². The standard InChI is InChI=1S/C14H21N3O2S/c1-3-17(10-13-5-4-7-19-13)14-16-12(11-20-14)9-15-6-8-18-2/h4-5,7,11,15H,3,6,8-10H2,1-2H3. The van der Waals surface area contributed by atoms with Gasteiger partial charge in [-0.15, -0.1) is 11.3 Å². The Kier molecular flexibility index (Phi) is 6.04. The number of hydrogen-bond donors (Lipinski definition) is 1. The van der Waals surface area contributed by atoms with Gasteiger partial charge in [-0.1, -0.05) is 0 Å². The van der Waals surface area contributed by atoms with Crippen molar-refractivity contribution in [2.45, 2.75) is 20.0 Å². The number of methoxy groups -OCH3 is 1. The van der Waals surface area contributed by atoms with Crippen molar-refractivity contribution in [1.29, 1.82) is 0 Å². The second-order valence-corrected chi connectivity index (χ2v) is 5.22. The van der Waals surface area contributed by atoms with Crippen LogP contribution in [0.2, 0.25) is 0 Å². The lowest BCUT2D eigenvalue weighted by molar-refractivity contribution is 0.199. The molecule has 5 nitrogen and oxygen atoms in total. The third-order valence-electron chi connectivity index (χ3n) is 2.91. The van der Waals surface area contributed by atoms with E-state index in [0.717, 1.165) is 49.4 Å². The minimum Gasteiger partial charge on any atom is -0.467 e. The van der Waals surface area contributed by atoms with Crippen molar-refractivity contribution in [3.63, 3.8) is 0 Å². The quantitative estimate of drug-likeness (QED) is 0.720. The molecular formula is C14H21N3O2S.